The molecule has 2 aliphatic heterocycles. The van der Waals surface area contributed by atoms with Crippen molar-refractivity contribution in [3.63, 3.8) is 0 Å². The van der Waals surface area contributed by atoms with Crippen LogP contribution in [-0.4, -0.2) is 74.0 Å². The van der Waals surface area contributed by atoms with Crippen LogP contribution in [0.1, 0.15) is 25.3 Å². The first kappa shape index (κ1) is 23.2. The second-order valence-corrected chi connectivity index (χ2v) is 9.02. The molecule has 2 amide bonds. The van der Waals surface area contributed by atoms with Gasteiger partial charge in [0.25, 0.3) is 0 Å². The maximum Gasteiger partial charge on any atom is 0.230 e. The molecule has 0 unspecified atom stereocenters. The van der Waals surface area contributed by atoms with E-state index in [2.05, 4.69) is 15.1 Å². The quantitative estimate of drug-likeness (QED) is 0.732. The highest BCUT2D eigenvalue weighted by Crippen LogP contribution is 2.36. The molecular formula is C26H33FN4O2. The lowest BCUT2D eigenvalue weighted by Gasteiger charge is -2.41. The van der Waals surface area contributed by atoms with Crippen molar-refractivity contribution < 1.29 is 14.0 Å². The molecule has 7 heteroatoms. The van der Waals surface area contributed by atoms with Crippen LogP contribution in [0.3, 0.4) is 0 Å². The van der Waals surface area contributed by atoms with E-state index in [0.29, 0.717) is 32.5 Å². The Morgan fingerprint density at radius 3 is 2.15 bits per heavy atom. The summed E-state index contributed by atoms with van der Waals surface area (Å²) in [6.45, 7) is 7.77. The van der Waals surface area contributed by atoms with Crippen molar-refractivity contribution in [2.45, 2.75) is 25.2 Å². The van der Waals surface area contributed by atoms with Crippen molar-refractivity contribution in [1.29, 1.82) is 0 Å². The van der Waals surface area contributed by atoms with Crippen molar-refractivity contribution >= 4 is 17.5 Å². The number of benzene rings is 2. The van der Waals surface area contributed by atoms with Crippen LogP contribution in [0.15, 0.2) is 54.6 Å². The highest BCUT2D eigenvalue weighted by atomic mass is 19.1. The molecular weight excluding hydrogens is 419 g/mol. The molecule has 1 N–H and O–H groups in total. The van der Waals surface area contributed by atoms with Crippen LogP contribution < -0.4 is 10.2 Å². The third-order valence-electron chi connectivity index (χ3n) is 7.10. The number of carbonyl (C=O) groups is 2. The average molecular weight is 453 g/mol. The van der Waals surface area contributed by atoms with Crippen molar-refractivity contribution in [2.75, 3.05) is 57.3 Å². The van der Waals surface area contributed by atoms with E-state index in [1.54, 1.807) is 6.92 Å². The van der Waals surface area contributed by atoms with Crippen LogP contribution in [0.4, 0.5) is 10.1 Å². The summed E-state index contributed by atoms with van der Waals surface area (Å²) in [6.07, 6.45) is 1.28. The molecule has 2 fully saturated rings. The van der Waals surface area contributed by atoms with Gasteiger partial charge in [0.05, 0.1) is 5.41 Å². The summed E-state index contributed by atoms with van der Waals surface area (Å²) in [4.78, 5) is 31.7. The molecule has 0 aromatic heterocycles. The second kappa shape index (κ2) is 10.3. The SMILES string of the molecule is CC(=O)N1CCC(C(=O)NCCN2CCN(c3ccc(F)cc3)CC2)(c2ccccc2)CC1. The number of hydrogen-bond acceptors (Lipinski definition) is 4. The van der Waals surface area contributed by atoms with Gasteiger partial charge in [0.2, 0.25) is 11.8 Å². The molecule has 2 saturated heterocycles. The molecule has 0 atom stereocenters. The Morgan fingerprint density at radius 1 is 0.909 bits per heavy atom. The number of piperazine rings is 1. The van der Waals surface area contributed by atoms with Crippen LogP contribution in [-0.2, 0) is 15.0 Å². The average Bonchev–Trinajstić information content (AvgIpc) is 2.85. The fraction of sp³-hybridized carbons (Fsp3) is 0.462. The zero-order valence-corrected chi connectivity index (χ0v) is 19.3. The molecule has 0 aliphatic carbocycles. The standard InChI is InChI=1S/C26H33FN4O2/c1-21(32)30-14-11-26(12-15-30,22-5-3-2-4-6-22)25(33)28-13-16-29-17-19-31(20-18-29)24-9-7-23(27)8-10-24/h2-10H,11-20H2,1H3,(H,28,33). The van der Waals surface area contributed by atoms with Crippen molar-refractivity contribution in [3.8, 4) is 0 Å². The van der Waals surface area contributed by atoms with Gasteiger partial charge in [0.1, 0.15) is 5.82 Å². The van der Waals surface area contributed by atoms with E-state index in [1.165, 1.54) is 12.1 Å². The van der Waals surface area contributed by atoms with Gasteiger partial charge in [-0.3, -0.25) is 14.5 Å². The van der Waals surface area contributed by atoms with Gasteiger partial charge in [-0.1, -0.05) is 30.3 Å². The highest BCUT2D eigenvalue weighted by molar-refractivity contribution is 5.88. The van der Waals surface area contributed by atoms with E-state index in [4.69, 9.17) is 0 Å². The van der Waals surface area contributed by atoms with Crippen molar-refractivity contribution in [1.82, 2.24) is 15.1 Å². The lowest BCUT2D eigenvalue weighted by Crippen LogP contribution is -2.54. The Morgan fingerprint density at radius 2 is 1.55 bits per heavy atom. The normalized spacial score (nSPS) is 18.7. The highest BCUT2D eigenvalue weighted by Gasteiger charge is 2.43. The number of rotatable bonds is 6. The molecule has 176 valence electrons. The van der Waals surface area contributed by atoms with E-state index < -0.39 is 5.41 Å². The molecule has 33 heavy (non-hydrogen) atoms. The number of carbonyl (C=O) groups excluding carboxylic acids is 2. The fourth-order valence-corrected chi connectivity index (χ4v) is 4.99. The van der Waals surface area contributed by atoms with Crippen LogP contribution in [0.2, 0.25) is 0 Å². The first-order chi connectivity index (χ1) is 16.0. The maximum absolute atomic E-state index is 13.4. The summed E-state index contributed by atoms with van der Waals surface area (Å²) in [7, 11) is 0. The van der Waals surface area contributed by atoms with Crippen LogP contribution in [0.25, 0.3) is 0 Å². The number of anilines is 1. The molecule has 6 nitrogen and oxygen atoms in total. The van der Waals surface area contributed by atoms with Gasteiger partial charge in [-0.2, -0.15) is 0 Å². The Hall–Kier alpha value is -2.93. The lowest BCUT2D eigenvalue weighted by atomic mass is 9.72. The molecule has 0 radical (unpaired) electrons. The molecule has 4 rings (SSSR count). The van der Waals surface area contributed by atoms with E-state index in [1.807, 2.05) is 47.4 Å². The Balaban J connectivity index is 1.30. The zero-order chi connectivity index (χ0) is 23.3. The number of amides is 2. The predicted octanol–water partition coefficient (Wildman–Crippen LogP) is 2.64. The third-order valence-corrected chi connectivity index (χ3v) is 7.10. The molecule has 0 spiro atoms. The van der Waals surface area contributed by atoms with Gasteiger partial charge in [0, 0.05) is 65.0 Å². The molecule has 0 saturated carbocycles. The van der Waals surface area contributed by atoms with E-state index in [0.717, 1.165) is 44.0 Å². The smallest absolute Gasteiger partial charge is 0.230 e. The van der Waals surface area contributed by atoms with E-state index >= 15 is 0 Å². The van der Waals surface area contributed by atoms with Gasteiger partial charge in [-0.05, 0) is 42.7 Å². The van der Waals surface area contributed by atoms with Crippen molar-refractivity contribution in [3.05, 3.63) is 66.0 Å². The summed E-state index contributed by atoms with van der Waals surface area (Å²) >= 11 is 0. The number of likely N-dealkylation sites (tertiary alicyclic amines) is 1. The third kappa shape index (κ3) is 5.36. The summed E-state index contributed by atoms with van der Waals surface area (Å²) in [5, 5.41) is 3.19. The minimum absolute atomic E-state index is 0.0573. The molecule has 2 aromatic rings. The van der Waals surface area contributed by atoms with Gasteiger partial charge in [0.15, 0.2) is 0 Å². The molecule has 2 aromatic carbocycles. The van der Waals surface area contributed by atoms with Gasteiger partial charge in [-0.25, -0.2) is 4.39 Å². The fourth-order valence-electron chi connectivity index (χ4n) is 4.99. The topological polar surface area (TPSA) is 55.9 Å². The van der Waals surface area contributed by atoms with Gasteiger partial charge < -0.3 is 15.1 Å². The van der Waals surface area contributed by atoms with Gasteiger partial charge in [-0.15, -0.1) is 0 Å². The largest absolute Gasteiger partial charge is 0.369 e. The van der Waals surface area contributed by atoms with Crippen LogP contribution in [0, 0.1) is 5.82 Å². The number of nitrogens with zero attached hydrogens (tertiary/aromatic N) is 3. The molecule has 2 heterocycles. The maximum atomic E-state index is 13.4. The monoisotopic (exact) mass is 452 g/mol. The van der Waals surface area contributed by atoms with E-state index in [-0.39, 0.29) is 17.6 Å². The first-order valence-corrected chi connectivity index (χ1v) is 11.8. The van der Waals surface area contributed by atoms with E-state index in [9.17, 15) is 14.0 Å². The minimum Gasteiger partial charge on any atom is -0.369 e. The van der Waals surface area contributed by atoms with Crippen LogP contribution in [0.5, 0.6) is 0 Å². The summed E-state index contributed by atoms with van der Waals surface area (Å²) in [6, 6.07) is 16.6. The summed E-state index contributed by atoms with van der Waals surface area (Å²) in [5.41, 5.74) is 1.48. The summed E-state index contributed by atoms with van der Waals surface area (Å²) in [5.74, 6) is -0.0907. The van der Waals surface area contributed by atoms with Crippen LogP contribution >= 0.6 is 0 Å². The number of nitrogens with one attached hydrogen (secondary N) is 1. The Bertz CT molecular complexity index is 935. The molecule has 0 bridgehead atoms. The number of piperidine rings is 1. The lowest BCUT2D eigenvalue weighted by molar-refractivity contribution is -0.135. The second-order valence-electron chi connectivity index (χ2n) is 9.02. The number of hydrogen-bond donors (Lipinski definition) is 1. The minimum atomic E-state index is -0.589. The predicted molar refractivity (Wildman–Crippen MR) is 128 cm³/mol. The summed E-state index contributed by atoms with van der Waals surface area (Å²) < 4.78 is 13.2. The van der Waals surface area contributed by atoms with Gasteiger partial charge >= 0.3 is 0 Å². The zero-order valence-electron chi connectivity index (χ0n) is 19.3. The number of halogens is 1. The first-order valence-electron chi connectivity index (χ1n) is 11.8. The van der Waals surface area contributed by atoms with Crippen molar-refractivity contribution in [2.24, 2.45) is 0 Å². The molecule has 2 aliphatic rings. The Labute approximate surface area is 195 Å². The Kier molecular flexibility index (Phi) is 7.28.